The van der Waals surface area contributed by atoms with Crippen molar-refractivity contribution in [3.63, 3.8) is 0 Å². The summed E-state index contributed by atoms with van der Waals surface area (Å²) in [6.07, 6.45) is 0. The fraction of sp³-hybridized carbons (Fsp3) is 0.105. The molecule has 4 rings (SSSR count). The van der Waals surface area contributed by atoms with Gasteiger partial charge >= 0.3 is 0 Å². The Morgan fingerprint density at radius 3 is 2.50 bits per heavy atom. The van der Waals surface area contributed by atoms with E-state index in [1.54, 1.807) is 11.0 Å². The van der Waals surface area contributed by atoms with Crippen LogP contribution in [0.2, 0.25) is 0 Å². The van der Waals surface area contributed by atoms with Gasteiger partial charge in [0.2, 0.25) is 0 Å². The Morgan fingerprint density at radius 1 is 0.958 bits per heavy atom. The zero-order valence-corrected chi connectivity index (χ0v) is 14.0. The highest BCUT2D eigenvalue weighted by Gasteiger charge is 2.20. The molecular formula is C19H15N3OS. The fourth-order valence-electron chi connectivity index (χ4n) is 2.66. The van der Waals surface area contributed by atoms with Crippen molar-refractivity contribution in [2.45, 2.75) is 6.92 Å². The molecule has 0 N–H and O–H groups in total. The van der Waals surface area contributed by atoms with Crippen molar-refractivity contribution < 1.29 is 4.79 Å². The molecule has 118 valence electrons. The van der Waals surface area contributed by atoms with Gasteiger partial charge in [-0.1, -0.05) is 47.7 Å². The lowest BCUT2D eigenvalue weighted by molar-refractivity contribution is 0.0984. The molecule has 4 aromatic rings. The first kappa shape index (κ1) is 14.8. The van der Waals surface area contributed by atoms with Gasteiger partial charge in [-0.05, 0) is 31.2 Å². The zero-order chi connectivity index (χ0) is 16.5. The van der Waals surface area contributed by atoms with Crippen LogP contribution in [0.3, 0.4) is 0 Å². The Labute approximate surface area is 143 Å². The summed E-state index contributed by atoms with van der Waals surface area (Å²) >= 11 is 1.52. The summed E-state index contributed by atoms with van der Waals surface area (Å²) in [6, 6.07) is 19.4. The summed E-state index contributed by atoms with van der Waals surface area (Å²) in [4.78, 5) is 23.7. The molecule has 0 unspecified atom stereocenters. The van der Waals surface area contributed by atoms with Crippen molar-refractivity contribution in [3.8, 4) is 0 Å². The van der Waals surface area contributed by atoms with Crippen LogP contribution in [-0.2, 0) is 0 Å². The van der Waals surface area contributed by atoms with Crippen molar-refractivity contribution >= 4 is 43.5 Å². The Bertz CT molecular complexity index is 1010. The molecule has 0 saturated heterocycles. The predicted molar refractivity (Wildman–Crippen MR) is 98.7 cm³/mol. The highest BCUT2D eigenvalue weighted by atomic mass is 32.1. The number of fused-ring (bicyclic) bond motifs is 2. The molecule has 0 spiro atoms. The lowest BCUT2D eigenvalue weighted by Crippen LogP contribution is -2.31. The Morgan fingerprint density at radius 2 is 1.71 bits per heavy atom. The summed E-state index contributed by atoms with van der Waals surface area (Å²) in [5, 5.41) is 1.73. The SMILES string of the molecule is CCN(C(=O)c1ccc2ccccc2n1)c1nc2ccccc2s1. The number of anilines is 1. The smallest absolute Gasteiger partial charge is 0.278 e. The summed E-state index contributed by atoms with van der Waals surface area (Å²) < 4.78 is 1.07. The number of pyridine rings is 1. The molecule has 2 aromatic heterocycles. The molecule has 0 aliphatic rings. The van der Waals surface area contributed by atoms with Gasteiger partial charge in [-0.25, -0.2) is 9.97 Å². The van der Waals surface area contributed by atoms with Gasteiger partial charge in [0.1, 0.15) is 5.69 Å². The first-order valence-corrected chi connectivity index (χ1v) is 8.61. The topological polar surface area (TPSA) is 46.1 Å². The maximum Gasteiger partial charge on any atom is 0.278 e. The lowest BCUT2D eigenvalue weighted by Gasteiger charge is -2.17. The summed E-state index contributed by atoms with van der Waals surface area (Å²) in [5.41, 5.74) is 2.17. The maximum absolute atomic E-state index is 12.9. The van der Waals surface area contributed by atoms with Gasteiger partial charge in [0.25, 0.3) is 5.91 Å². The highest BCUT2D eigenvalue weighted by Crippen LogP contribution is 2.29. The van der Waals surface area contributed by atoms with Crippen LogP contribution < -0.4 is 4.90 Å². The second-order valence-corrected chi connectivity index (χ2v) is 6.41. The molecule has 4 nitrogen and oxygen atoms in total. The number of hydrogen-bond acceptors (Lipinski definition) is 4. The fourth-order valence-corrected chi connectivity index (χ4v) is 3.69. The minimum atomic E-state index is -0.123. The van der Waals surface area contributed by atoms with Crippen LogP contribution in [0.25, 0.3) is 21.1 Å². The van der Waals surface area contributed by atoms with Crippen molar-refractivity contribution in [2.75, 3.05) is 11.4 Å². The van der Waals surface area contributed by atoms with Crippen LogP contribution in [-0.4, -0.2) is 22.4 Å². The van der Waals surface area contributed by atoms with E-state index in [4.69, 9.17) is 0 Å². The molecule has 2 heterocycles. The molecule has 1 amide bonds. The number of para-hydroxylation sites is 2. The zero-order valence-electron chi connectivity index (χ0n) is 13.1. The number of hydrogen-bond donors (Lipinski definition) is 0. The Kier molecular flexibility index (Phi) is 3.70. The third-order valence-corrected chi connectivity index (χ3v) is 4.95. The predicted octanol–water partition coefficient (Wildman–Crippen LogP) is 4.51. The van der Waals surface area contributed by atoms with Gasteiger partial charge in [-0.2, -0.15) is 0 Å². The number of carbonyl (C=O) groups excluding carboxylic acids is 1. The van der Waals surface area contributed by atoms with E-state index in [2.05, 4.69) is 9.97 Å². The van der Waals surface area contributed by atoms with Crippen molar-refractivity contribution in [1.29, 1.82) is 0 Å². The second-order valence-electron chi connectivity index (χ2n) is 5.40. The number of nitrogens with zero attached hydrogens (tertiary/aromatic N) is 3. The van der Waals surface area contributed by atoms with Gasteiger partial charge in [0.05, 0.1) is 15.7 Å². The highest BCUT2D eigenvalue weighted by molar-refractivity contribution is 7.22. The molecular weight excluding hydrogens is 318 g/mol. The van der Waals surface area contributed by atoms with Gasteiger partial charge < -0.3 is 0 Å². The largest absolute Gasteiger partial charge is 0.283 e. The molecule has 0 aliphatic heterocycles. The van der Waals surface area contributed by atoms with E-state index in [1.165, 1.54) is 11.3 Å². The van der Waals surface area contributed by atoms with Crippen molar-refractivity contribution in [3.05, 3.63) is 66.4 Å². The van der Waals surface area contributed by atoms with Crippen molar-refractivity contribution in [2.24, 2.45) is 0 Å². The number of aromatic nitrogens is 2. The van der Waals surface area contributed by atoms with Crippen molar-refractivity contribution in [1.82, 2.24) is 9.97 Å². The first-order valence-electron chi connectivity index (χ1n) is 7.79. The average molecular weight is 333 g/mol. The van der Waals surface area contributed by atoms with Crippen LogP contribution in [0.4, 0.5) is 5.13 Å². The van der Waals surface area contributed by atoms with Crippen LogP contribution in [0.15, 0.2) is 60.7 Å². The van der Waals surface area contributed by atoms with E-state index in [0.717, 1.165) is 21.1 Å². The van der Waals surface area contributed by atoms with Crippen LogP contribution in [0.5, 0.6) is 0 Å². The van der Waals surface area contributed by atoms with E-state index in [0.29, 0.717) is 17.4 Å². The number of carbonyl (C=O) groups is 1. The van der Waals surface area contributed by atoms with Gasteiger partial charge in [0.15, 0.2) is 5.13 Å². The van der Waals surface area contributed by atoms with E-state index < -0.39 is 0 Å². The molecule has 0 aliphatic carbocycles. The molecule has 0 radical (unpaired) electrons. The summed E-state index contributed by atoms with van der Waals surface area (Å²) in [7, 11) is 0. The number of benzene rings is 2. The van der Waals surface area contributed by atoms with E-state index >= 15 is 0 Å². The third kappa shape index (κ3) is 2.53. The van der Waals surface area contributed by atoms with Crippen LogP contribution in [0, 0.1) is 0 Å². The second kappa shape index (κ2) is 6.02. The van der Waals surface area contributed by atoms with Gasteiger partial charge in [-0.15, -0.1) is 0 Å². The standard InChI is InChI=1S/C19H15N3OS/c1-2-22(19-21-15-9-5-6-10-17(15)24-19)18(23)16-12-11-13-7-3-4-8-14(13)20-16/h3-12H,2H2,1H3. The Balaban J connectivity index is 1.74. The van der Waals surface area contributed by atoms with Gasteiger partial charge in [-0.3, -0.25) is 9.69 Å². The quantitative estimate of drug-likeness (QED) is 0.554. The Hall–Kier alpha value is -2.79. The average Bonchev–Trinajstić information content (AvgIpc) is 3.05. The van der Waals surface area contributed by atoms with E-state index in [-0.39, 0.29) is 5.91 Å². The van der Waals surface area contributed by atoms with Crippen LogP contribution in [0.1, 0.15) is 17.4 Å². The molecule has 0 saturated carbocycles. The molecule has 2 aromatic carbocycles. The number of rotatable bonds is 3. The van der Waals surface area contributed by atoms with E-state index in [9.17, 15) is 4.79 Å². The number of amides is 1. The molecule has 5 heteroatoms. The number of thiazole rings is 1. The third-order valence-electron chi connectivity index (χ3n) is 3.89. The lowest BCUT2D eigenvalue weighted by atomic mass is 10.2. The molecule has 0 bridgehead atoms. The van der Waals surface area contributed by atoms with E-state index in [1.807, 2.05) is 61.5 Å². The summed E-state index contributed by atoms with van der Waals surface area (Å²) in [6.45, 7) is 2.50. The minimum absolute atomic E-state index is 0.123. The maximum atomic E-state index is 12.9. The monoisotopic (exact) mass is 333 g/mol. The molecule has 24 heavy (non-hydrogen) atoms. The minimum Gasteiger partial charge on any atom is -0.283 e. The molecule has 0 atom stereocenters. The van der Waals surface area contributed by atoms with Crippen LogP contribution >= 0.6 is 11.3 Å². The molecule has 0 fully saturated rings. The van der Waals surface area contributed by atoms with Gasteiger partial charge in [0, 0.05) is 11.9 Å². The first-order chi connectivity index (χ1) is 11.8. The normalized spacial score (nSPS) is 11.0. The summed E-state index contributed by atoms with van der Waals surface area (Å²) in [5.74, 6) is -0.123.